The van der Waals surface area contributed by atoms with Gasteiger partial charge in [0.15, 0.2) is 0 Å². The summed E-state index contributed by atoms with van der Waals surface area (Å²) in [5.41, 5.74) is 4.02. The fourth-order valence-electron chi connectivity index (χ4n) is 2.63. The second-order valence-electron chi connectivity index (χ2n) is 5.86. The van der Waals surface area contributed by atoms with Crippen LogP contribution in [0.4, 0.5) is 5.13 Å². The molecular weight excluding hydrogens is 395 g/mol. The molecule has 0 bridgehead atoms. The van der Waals surface area contributed by atoms with E-state index in [0.717, 1.165) is 27.3 Å². The number of halogens is 2. The molecule has 2 nitrogen and oxygen atoms in total. The van der Waals surface area contributed by atoms with E-state index in [9.17, 15) is 0 Å². The van der Waals surface area contributed by atoms with Gasteiger partial charge in [0.1, 0.15) is 0 Å². The van der Waals surface area contributed by atoms with Crippen molar-refractivity contribution in [2.45, 2.75) is 0 Å². The number of aromatic nitrogens is 1. The fraction of sp³-hybridized carbons (Fsp3) is 0. The molecule has 5 heteroatoms. The topological polar surface area (TPSA) is 25.2 Å². The third-order valence-corrected chi connectivity index (χ3v) is 5.48. The lowest BCUT2D eigenvalue weighted by molar-refractivity contribution is 1.36. The van der Waals surface area contributed by atoms with Crippen molar-refractivity contribution < 1.29 is 0 Å². The molecule has 3 aromatic carbocycles. The maximum atomic E-state index is 6.04. The Morgan fingerprint density at radius 1 is 0.741 bits per heavy atom. The van der Waals surface area contributed by atoms with Gasteiger partial charge in [-0.15, -0.1) is 0 Å². The second kappa shape index (κ2) is 8.05. The van der Waals surface area contributed by atoms with Gasteiger partial charge in [-0.1, -0.05) is 89.1 Å². The van der Waals surface area contributed by atoms with Crippen molar-refractivity contribution in [2.24, 2.45) is 4.99 Å². The summed E-state index contributed by atoms with van der Waals surface area (Å²) >= 11 is 13.5. The van der Waals surface area contributed by atoms with Gasteiger partial charge in [0.2, 0.25) is 5.13 Å². The van der Waals surface area contributed by atoms with Crippen LogP contribution in [0, 0.1) is 0 Å². The SMILES string of the molecule is Clc1ccc(C=Nc2nc(-c3ccc(Cl)cc3)c(-c3ccccc3)s2)cc1. The summed E-state index contributed by atoms with van der Waals surface area (Å²) in [4.78, 5) is 10.4. The minimum absolute atomic E-state index is 0.703. The highest BCUT2D eigenvalue weighted by Crippen LogP contribution is 2.40. The van der Waals surface area contributed by atoms with E-state index in [1.54, 1.807) is 17.6 Å². The van der Waals surface area contributed by atoms with Crippen LogP contribution in [0.2, 0.25) is 10.0 Å². The molecule has 0 aliphatic rings. The Balaban J connectivity index is 1.75. The van der Waals surface area contributed by atoms with Crippen molar-refractivity contribution in [2.75, 3.05) is 0 Å². The first-order chi connectivity index (χ1) is 13.2. The lowest BCUT2D eigenvalue weighted by atomic mass is 10.1. The van der Waals surface area contributed by atoms with Crippen LogP contribution < -0.4 is 0 Å². The monoisotopic (exact) mass is 408 g/mol. The number of aliphatic imine (C=N–C) groups is 1. The fourth-order valence-corrected chi connectivity index (χ4v) is 3.82. The molecule has 4 aromatic rings. The second-order valence-corrected chi connectivity index (χ2v) is 7.71. The Hall–Kier alpha value is -2.46. The third-order valence-electron chi connectivity index (χ3n) is 3.96. The van der Waals surface area contributed by atoms with Crippen LogP contribution in [-0.2, 0) is 0 Å². The molecule has 4 rings (SSSR count). The van der Waals surface area contributed by atoms with Crippen LogP contribution in [0.1, 0.15) is 5.56 Å². The van der Waals surface area contributed by atoms with E-state index in [1.807, 2.05) is 66.7 Å². The molecule has 0 amide bonds. The van der Waals surface area contributed by atoms with E-state index in [0.29, 0.717) is 15.2 Å². The first-order valence-corrected chi connectivity index (χ1v) is 9.88. The van der Waals surface area contributed by atoms with E-state index >= 15 is 0 Å². The summed E-state index contributed by atoms with van der Waals surface area (Å²) < 4.78 is 0. The van der Waals surface area contributed by atoms with Crippen molar-refractivity contribution in [3.63, 3.8) is 0 Å². The predicted molar refractivity (Wildman–Crippen MR) is 117 cm³/mol. The first-order valence-electron chi connectivity index (χ1n) is 8.31. The number of thiazole rings is 1. The van der Waals surface area contributed by atoms with E-state index < -0.39 is 0 Å². The smallest absolute Gasteiger partial charge is 0.210 e. The number of benzene rings is 3. The Morgan fingerprint density at radius 2 is 1.37 bits per heavy atom. The Kier molecular flexibility index (Phi) is 5.35. The van der Waals surface area contributed by atoms with Crippen LogP contribution in [0.3, 0.4) is 0 Å². The van der Waals surface area contributed by atoms with E-state index in [4.69, 9.17) is 28.2 Å². The van der Waals surface area contributed by atoms with Crippen molar-refractivity contribution >= 4 is 45.9 Å². The van der Waals surface area contributed by atoms with Gasteiger partial charge in [0.05, 0.1) is 10.6 Å². The van der Waals surface area contributed by atoms with Gasteiger partial charge in [-0.3, -0.25) is 0 Å². The van der Waals surface area contributed by atoms with Gasteiger partial charge in [-0.2, -0.15) is 0 Å². The maximum Gasteiger partial charge on any atom is 0.210 e. The third kappa shape index (κ3) is 4.28. The summed E-state index contributed by atoms with van der Waals surface area (Å²) in [6.45, 7) is 0. The average molecular weight is 409 g/mol. The molecule has 0 spiro atoms. The van der Waals surface area contributed by atoms with E-state index in [-0.39, 0.29) is 0 Å². The molecule has 0 fully saturated rings. The molecule has 0 saturated carbocycles. The zero-order valence-corrected chi connectivity index (χ0v) is 16.5. The van der Waals surface area contributed by atoms with Gasteiger partial charge in [0, 0.05) is 21.8 Å². The molecule has 0 saturated heterocycles. The average Bonchev–Trinajstić information content (AvgIpc) is 3.13. The molecule has 0 unspecified atom stereocenters. The molecule has 0 atom stereocenters. The molecule has 0 aliphatic carbocycles. The highest BCUT2D eigenvalue weighted by Gasteiger charge is 2.14. The number of nitrogens with zero attached hydrogens (tertiary/aromatic N) is 2. The van der Waals surface area contributed by atoms with Crippen LogP contribution in [0.15, 0.2) is 83.9 Å². The van der Waals surface area contributed by atoms with Gasteiger partial charge in [-0.05, 0) is 35.4 Å². The minimum atomic E-state index is 0.703. The molecular formula is C22H14Cl2N2S. The largest absolute Gasteiger partial charge is 0.227 e. The highest BCUT2D eigenvalue weighted by atomic mass is 35.5. The normalized spacial score (nSPS) is 11.2. The minimum Gasteiger partial charge on any atom is -0.227 e. The quantitative estimate of drug-likeness (QED) is 0.320. The summed E-state index contributed by atoms with van der Waals surface area (Å²) in [6.07, 6.45) is 1.80. The lowest BCUT2D eigenvalue weighted by Gasteiger charge is -2.02. The number of hydrogen-bond acceptors (Lipinski definition) is 3. The standard InChI is InChI=1S/C22H14Cl2N2S/c23-18-10-6-15(7-11-18)14-25-22-26-20(16-8-12-19(24)13-9-16)21(27-22)17-4-2-1-3-5-17/h1-14H. The van der Waals surface area contributed by atoms with Crippen molar-refractivity contribution in [3.05, 3.63) is 94.5 Å². The number of hydrogen-bond donors (Lipinski definition) is 0. The summed E-state index contributed by atoms with van der Waals surface area (Å²) in [5.74, 6) is 0. The Morgan fingerprint density at radius 3 is 2.04 bits per heavy atom. The van der Waals surface area contributed by atoms with Crippen LogP contribution in [-0.4, -0.2) is 11.2 Å². The summed E-state index contributed by atoms with van der Waals surface area (Å²) in [5, 5.41) is 2.11. The molecule has 1 heterocycles. The van der Waals surface area contributed by atoms with Gasteiger partial charge < -0.3 is 0 Å². The molecule has 132 valence electrons. The molecule has 27 heavy (non-hydrogen) atoms. The Labute approximate surface area is 171 Å². The first kappa shape index (κ1) is 17.9. The van der Waals surface area contributed by atoms with Crippen LogP contribution >= 0.6 is 34.5 Å². The van der Waals surface area contributed by atoms with Gasteiger partial charge in [0.25, 0.3) is 0 Å². The maximum absolute atomic E-state index is 6.04. The van der Waals surface area contributed by atoms with Gasteiger partial charge >= 0.3 is 0 Å². The number of rotatable bonds is 4. The molecule has 1 aromatic heterocycles. The molecule has 0 N–H and O–H groups in total. The summed E-state index contributed by atoms with van der Waals surface area (Å²) in [6, 6.07) is 25.5. The predicted octanol–water partition coefficient (Wildman–Crippen LogP) is 7.53. The van der Waals surface area contributed by atoms with Gasteiger partial charge in [-0.25, -0.2) is 9.98 Å². The van der Waals surface area contributed by atoms with E-state index in [2.05, 4.69) is 17.1 Å². The highest BCUT2D eigenvalue weighted by molar-refractivity contribution is 7.19. The Bertz CT molecular complexity index is 1070. The zero-order valence-electron chi connectivity index (χ0n) is 14.1. The molecule has 0 aliphatic heterocycles. The van der Waals surface area contributed by atoms with Crippen molar-refractivity contribution in [1.29, 1.82) is 0 Å². The zero-order chi connectivity index (χ0) is 18.6. The van der Waals surface area contributed by atoms with Crippen LogP contribution in [0.25, 0.3) is 21.7 Å². The van der Waals surface area contributed by atoms with E-state index in [1.165, 1.54) is 0 Å². The van der Waals surface area contributed by atoms with Crippen LogP contribution in [0.5, 0.6) is 0 Å². The van der Waals surface area contributed by atoms with Crippen molar-refractivity contribution in [3.8, 4) is 21.7 Å². The summed E-state index contributed by atoms with van der Waals surface area (Å²) in [7, 11) is 0. The van der Waals surface area contributed by atoms with Crippen molar-refractivity contribution in [1.82, 2.24) is 4.98 Å². The lowest BCUT2D eigenvalue weighted by Crippen LogP contribution is -1.82. The molecule has 0 radical (unpaired) electrons.